The lowest BCUT2D eigenvalue weighted by Gasteiger charge is -2.39. The molecular weight excluding hydrogens is 221 g/mol. The molecule has 0 bridgehead atoms. The van der Waals surface area contributed by atoms with E-state index in [9.17, 15) is 9.50 Å². The summed E-state index contributed by atoms with van der Waals surface area (Å²) in [6.45, 7) is 0. The first-order chi connectivity index (χ1) is 8.18. The molecule has 4 heteroatoms. The van der Waals surface area contributed by atoms with Gasteiger partial charge in [-0.1, -0.05) is 19.3 Å². The molecule has 1 unspecified atom stereocenters. The summed E-state index contributed by atoms with van der Waals surface area (Å²) in [6, 6.07) is 1.33. The molecule has 1 N–H and O–H groups in total. The number of halogens is 1. The van der Waals surface area contributed by atoms with Crippen LogP contribution in [-0.4, -0.2) is 22.8 Å². The number of ether oxygens (including phenoxy) is 1. The predicted molar refractivity (Wildman–Crippen MR) is 62.0 cm³/mol. The van der Waals surface area contributed by atoms with Crippen LogP contribution in [0.5, 0.6) is 0 Å². The molecular formula is C13H18FNO2. The van der Waals surface area contributed by atoms with Crippen LogP contribution in [-0.2, 0) is 4.74 Å². The van der Waals surface area contributed by atoms with E-state index in [-0.39, 0.29) is 0 Å². The highest BCUT2D eigenvalue weighted by Crippen LogP contribution is 2.40. The Bertz CT molecular complexity index is 377. The van der Waals surface area contributed by atoms with Crippen molar-refractivity contribution in [2.24, 2.45) is 0 Å². The summed E-state index contributed by atoms with van der Waals surface area (Å²) in [4.78, 5) is 3.77. The zero-order valence-electron chi connectivity index (χ0n) is 10.0. The van der Waals surface area contributed by atoms with Crippen molar-refractivity contribution >= 4 is 0 Å². The molecule has 94 valence electrons. The number of hydrogen-bond acceptors (Lipinski definition) is 3. The monoisotopic (exact) mass is 239 g/mol. The SMILES string of the molecule is COC1(C(O)c2cncc(F)c2)CCCCC1. The number of aliphatic hydroxyl groups is 1. The average molecular weight is 239 g/mol. The minimum atomic E-state index is -0.809. The fourth-order valence-corrected chi connectivity index (χ4v) is 2.62. The Morgan fingerprint density at radius 3 is 2.65 bits per heavy atom. The minimum absolute atomic E-state index is 0.427. The van der Waals surface area contributed by atoms with E-state index in [1.165, 1.54) is 18.7 Å². The molecule has 1 aliphatic rings. The van der Waals surface area contributed by atoms with Gasteiger partial charge in [0.2, 0.25) is 0 Å². The second kappa shape index (κ2) is 5.10. The summed E-state index contributed by atoms with van der Waals surface area (Å²) in [5.74, 6) is -0.427. The highest BCUT2D eigenvalue weighted by molar-refractivity contribution is 5.17. The van der Waals surface area contributed by atoms with E-state index in [4.69, 9.17) is 4.74 Å². The third-order valence-corrected chi connectivity index (χ3v) is 3.65. The highest BCUT2D eigenvalue weighted by atomic mass is 19.1. The van der Waals surface area contributed by atoms with Crippen LogP contribution in [0, 0.1) is 5.82 Å². The smallest absolute Gasteiger partial charge is 0.141 e. The molecule has 0 aliphatic heterocycles. The van der Waals surface area contributed by atoms with Gasteiger partial charge in [-0.15, -0.1) is 0 Å². The lowest BCUT2D eigenvalue weighted by atomic mass is 9.78. The third kappa shape index (κ3) is 2.48. The Morgan fingerprint density at radius 1 is 1.35 bits per heavy atom. The summed E-state index contributed by atoms with van der Waals surface area (Å²) in [5.41, 5.74) is -0.0815. The Labute approximate surface area is 101 Å². The van der Waals surface area contributed by atoms with Crippen molar-refractivity contribution in [3.63, 3.8) is 0 Å². The van der Waals surface area contributed by atoms with Gasteiger partial charge < -0.3 is 9.84 Å². The number of aromatic nitrogens is 1. The first-order valence-electron chi connectivity index (χ1n) is 6.02. The maximum absolute atomic E-state index is 13.1. The standard InChI is InChI=1S/C13H18FNO2/c1-17-13(5-3-2-4-6-13)12(16)10-7-11(14)9-15-8-10/h7-9,12,16H,2-6H2,1H3. The molecule has 2 rings (SSSR count). The second-order valence-electron chi connectivity index (χ2n) is 4.67. The Kier molecular flexibility index (Phi) is 3.74. The molecule has 0 radical (unpaired) electrons. The van der Waals surface area contributed by atoms with Crippen LogP contribution in [0.3, 0.4) is 0 Å². The molecule has 3 nitrogen and oxygen atoms in total. The van der Waals surface area contributed by atoms with Gasteiger partial charge in [0.25, 0.3) is 0 Å². The van der Waals surface area contributed by atoms with Crippen molar-refractivity contribution in [1.29, 1.82) is 0 Å². The number of hydrogen-bond donors (Lipinski definition) is 1. The van der Waals surface area contributed by atoms with Gasteiger partial charge >= 0.3 is 0 Å². The Balaban J connectivity index is 2.24. The zero-order valence-corrected chi connectivity index (χ0v) is 10.0. The van der Waals surface area contributed by atoms with Crippen molar-refractivity contribution in [3.05, 3.63) is 29.8 Å². The van der Waals surface area contributed by atoms with Crippen LogP contribution in [0.2, 0.25) is 0 Å². The molecule has 1 aromatic rings. The second-order valence-corrected chi connectivity index (χ2v) is 4.67. The normalized spacial score (nSPS) is 21.1. The van der Waals surface area contributed by atoms with Crippen LogP contribution in [0.4, 0.5) is 4.39 Å². The van der Waals surface area contributed by atoms with E-state index in [1.807, 2.05) is 0 Å². The first kappa shape index (κ1) is 12.5. The molecule has 17 heavy (non-hydrogen) atoms. The van der Waals surface area contributed by atoms with E-state index in [0.717, 1.165) is 31.9 Å². The van der Waals surface area contributed by atoms with Gasteiger partial charge in [-0.25, -0.2) is 4.39 Å². The number of aliphatic hydroxyl groups excluding tert-OH is 1. The topological polar surface area (TPSA) is 42.4 Å². The molecule has 0 amide bonds. The van der Waals surface area contributed by atoms with Crippen LogP contribution < -0.4 is 0 Å². The van der Waals surface area contributed by atoms with Crippen molar-refractivity contribution in [2.45, 2.75) is 43.8 Å². The van der Waals surface area contributed by atoms with Crippen molar-refractivity contribution in [2.75, 3.05) is 7.11 Å². The molecule has 1 heterocycles. The third-order valence-electron chi connectivity index (χ3n) is 3.65. The lowest BCUT2D eigenvalue weighted by molar-refractivity contribution is -0.125. The largest absolute Gasteiger partial charge is 0.385 e. The maximum atomic E-state index is 13.1. The van der Waals surface area contributed by atoms with Crippen molar-refractivity contribution in [3.8, 4) is 0 Å². The van der Waals surface area contributed by atoms with E-state index in [1.54, 1.807) is 7.11 Å². The van der Waals surface area contributed by atoms with Gasteiger partial charge in [0.15, 0.2) is 0 Å². The molecule has 1 aliphatic carbocycles. The number of rotatable bonds is 3. The summed E-state index contributed by atoms with van der Waals surface area (Å²) in [7, 11) is 1.61. The Morgan fingerprint density at radius 2 is 2.06 bits per heavy atom. The van der Waals surface area contributed by atoms with Crippen molar-refractivity contribution in [1.82, 2.24) is 4.98 Å². The maximum Gasteiger partial charge on any atom is 0.141 e. The average Bonchev–Trinajstić information content (AvgIpc) is 2.38. The number of pyridine rings is 1. The van der Waals surface area contributed by atoms with E-state index < -0.39 is 17.5 Å². The van der Waals surface area contributed by atoms with Gasteiger partial charge in [0.1, 0.15) is 11.9 Å². The quantitative estimate of drug-likeness (QED) is 0.881. The van der Waals surface area contributed by atoms with Gasteiger partial charge in [-0.2, -0.15) is 0 Å². The van der Waals surface area contributed by atoms with Gasteiger partial charge in [-0.3, -0.25) is 4.98 Å². The van der Waals surface area contributed by atoms with E-state index >= 15 is 0 Å². The summed E-state index contributed by atoms with van der Waals surface area (Å²) in [5, 5.41) is 10.4. The predicted octanol–water partition coefficient (Wildman–Crippen LogP) is 2.60. The van der Waals surface area contributed by atoms with Gasteiger partial charge in [0, 0.05) is 18.9 Å². The summed E-state index contributed by atoms with van der Waals surface area (Å²) >= 11 is 0. The Hall–Kier alpha value is -1.00. The molecule has 1 aromatic heterocycles. The van der Waals surface area contributed by atoms with E-state index in [2.05, 4.69) is 4.98 Å². The van der Waals surface area contributed by atoms with Crippen LogP contribution in [0.1, 0.15) is 43.8 Å². The molecule has 0 aromatic carbocycles. The molecule has 1 fully saturated rings. The minimum Gasteiger partial charge on any atom is -0.385 e. The van der Waals surface area contributed by atoms with Crippen molar-refractivity contribution < 1.29 is 14.2 Å². The highest BCUT2D eigenvalue weighted by Gasteiger charge is 2.40. The summed E-state index contributed by atoms with van der Waals surface area (Å²) in [6.07, 6.45) is 6.68. The first-order valence-corrected chi connectivity index (χ1v) is 6.02. The van der Waals surface area contributed by atoms with Crippen LogP contribution >= 0.6 is 0 Å². The fraction of sp³-hybridized carbons (Fsp3) is 0.615. The summed E-state index contributed by atoms with van der Waals surface area (Å²) < 4.78 is 18.6. The van der Waals surface area contributed by atoms with E-state index in [0.29, 0.717) is 5.56 Å². The molecule has 0 saturated heterocycles. The van der Waals surface area contributed by atoms with Crippen LogP contribution in [0.25, 0.3) is 0 Å². The molecule has 1 saturated carbocycles. The molecule has 1 atom stereocenters. The van der Waals surface area contributed by atoms with Gasteiger partial charge in [-0.05, 0) is 18.9 Å². The lowest BCUT2D eigenvalue weighted by Crippen LogP contribution is -2.40. The number of methoxy groups -OCH3 is 1. The van der Waals surface area contributed by atoms with Gasteiger partial charge in [0.05, 0.1) is 11.8 Å². The molecule has 0 spiro atoms. The number of nitrogens with zero attached hydrogens (tertiary/aromatic N) is 1. The van der Waals surface area contributed by atoms with Crippen LogP contribution in [0.15, 0.2) is 18.5 Å². The fourth-order valence-electron chi connectivity index (χ4n) is 2.62. The zero-order chi connectivity index (χ0) is 12.3.